The van der Waals surface area contributed by atoms with Gasteiger partial charge in [-0.15, -0.1) is 11.8 Å². The van der Waals surface area contributed by atoms with Crippen molar-refractivity contribution in [1.82, 2.24) is 5.32 Å². The molecule has 0 aliphatic heterocycles. The molecule has 3 atom stereocenters. The second-order valence-corrected chi connectivity index (χ2v) is 7.19. The molecule has 0 bridgehead atoms. The van der Waals surface area contributed by atoms with Crippen LogP contribution in [-0.2, 0) is 9.53 Å². The van der Waals surface area contributed by atoms with Crippen molar-refractivity contribution in [3.63, 3.8) is 0 Å². The summed E-state index contributed by atoms with van der Waals surface area (Å²) in [7, 11) is 0. The maximum absolute atomic E-state index is 11.7. The van der Waals surface area contributed by atoms with Crippen molar-refractivity contribution in [2.24, 2.45) is 5.73 Å². The summed E-state index contributed by atoms with van der Waals surface area (Å²) < 4.78 is 5.62. The van der Waals surface area contributed by atoms with Crippen molar-refractivity contribution in [2.45, 2.75) is 57.1 Å². The minimum atomic E-state index is -0.0111. The second kappa shape index (κ2) is 6.07. The van der Waals surface area contributed by atoms with Gasteiger partial charge < -0.3 is 15.8 Å². The van der Waals surface area contributed by atoms with E-state index in [0.29, 0.717) is 12.4 Å². The van der Waals surface area contributed by atoms with Gasteiger partial charge in [0.2, 0.25) is 5.91 Å². The molecule has 1 amide bonds. The molecule has 1 saturated carbocycles. The molecule has 0 aromatic heterocycles. The minimum absolute atomic E-state index is 0.0111. The summed E-state index contributed by atoms with van der Waals surface area (Å²) in [5, 5.41) is 2.96. The highest BCUT2D eigenvalue weighted by atomic mass is 32.2. The summed E-state index contributed by atoms with van der Waals surface area (Å²) in [5.74, 6) is 0.528. The molecule has 0 aromatic carbocycles. The van der Waals surface area contributed by atoms with Crippen LogP contribution in [0.25, 0.3) is 0 Å². The summed E-state index contributed by atoms with van der Waals surface area (Å²) in [6, 6.07) is 0.0261. The first kappa shape index (κ1) is 14.8. The first-order chi connectivity index (χ1) is 7.83. The highest BCUT2D eigenvalue weighted by Gasteiger charge is 2.40. The maximum atomic E-state index is 11.7. The highest BCUT2D eigenvalue weighted by molar-refractivity contribution is 8.01. The van der Waals surface area contributed by atoms with Gasteiger partial charge in [0.15, 0.2) is 0 Å². The van der Waals surface area contributed by atoms with Gasteiger partial charge in [-0.05, 0) is 13.3 Å². The predicted molar refractivity (Wildman–Crippen MR) is 72.1 cm³/mol. The molecule has 0 aromatic rings. The topological polar surface area (TPSA) is 64.3 Å². The highest BCUT2D eigenvalue weighted by Crippen LogP contribution is 2.25. The number of nitrogens with two attached hydrogens (primary N) is 1. The Kier molecular flexibility index (Phi) is 5.28. The molecule has 0 saturated heterocycles. The van der Waals surface area contributed by atoms with Crippen LogP contribution in [-0.4, -0.2) is 41.2 Å². The summed E-state index contributed by atoms with van der Waals surface area (Å²) in [6.07, 6.45) is 0.934. The lowest BCUT2D eigenvalue weighted by Crippen LogP contribution is -2.65. The smallest absolute Gasteiger partial charge is 0.230 e. The van der Waals surface area contributed by atoms with Crippen molar-refractivity contribution in [3.8, 4) is 0 Å². The van der Waals surface area contributed by atoms with Crippen molar-refractivity contribution in [2.75, 3.05) is 12.4 Å². The zero-order valence-corrected chi connectivity index (χ0v) is 12.0. The third-order valence-electron chi connectivity index (χ3n) is 2.71. The van der Waals surface area contributed by atoms with E-state index in [0.717, 1.165) is 6.42 Å². The van der Waals surface area contributed by atoms with Crippen molar-refractivity contribution in [3.05, 3.63) is 0 Å². The average Bonchev–Trinajstić information content (AvgIpc) is 2.22. The van der Waals surface area contributed by atoms with Crippen LogP contribution >= 0.6 is 11.8 Å². The molecule has 0 radical (unpaired) electrons. The molecule has 1 fully saturated rings. The predicted octanol–water partition coefficient (Wildman–Crippen LogP) is 1.14. The van der Waals surface area contributed by atoms with Gasteiger partial charge in [-0.1, -0.05) is 20.8 Å². The zero-order valence-electron chi connectivity index (χ0n) is 11.2. The van der Waals surface area contributed by atoms with E-state index in [4.69, 9.17) is 10.5 Å². The molecule has 1 rings (SSSR count). The number of ether oxygens (including phenoxy) is 1. The summed E-state index contributed by atoms with van der Waals surface area (Å²) in [4.78, 5) is 11.7. The van der Waals surface area contributed by atoms with Gasteiger partial charge in [0.05, 0.1) is 17.9 Å². The van der Waals surface area contributed by atoms with E-state index in [1.54, 1.807) is 11.8 Å². The number of rotatable bonds is 5. The Balaban J connectivity index is 2.30. The number of carbonyl (C=O) groups excluding carboxylic acids is 1. The maximum Gasteiger partial charge on any atom is 0.230 e. The quantitative estimate of drug-likeness (QED) is 0.778. The Morgan fingerprint density at radius 3 is 2.65 bits per heavy atom. The number of thioether (sulfide) groups is 1. The molecular weight excluding hydrogens is 236 g/mol. The van der Waals surface area contributed by atoms with E-state index < -0.39 is 0 Å². The molecule has 100 valence electrons. The number of hydrogen-bond acceptors (Lipinski definition) is 4. The molecule has 5 heteroatoms. The molecule has 1 aliphatic rings. The third-order valence-corrected chi connectivity index (χ3v) is 3.98. The molecule has 3 unspecified atom stereocenters. The van der Waals surface area contributed by atoms with E-state index in [2.05, 4.69) is 26.1 Å². The molecule has 1 aliphatic carbocycles. The van der Waals surface area contributed by atoms with Crippen LogP contribution < -0.4 is 11.1 Å². The van der Waals surface area contributed by atoms with Crippen molar-refractivity contribution >= 4 is 17.7 Å². The minimum Gasteiger partial charge on any atom is -0.376 e. The SMILES string of the molecule is CCOC1CC(N)C1NC(=O)CSC(C)(C)C. The van der Waals surface area contributed by atoms with E-state index >= 15 is 0 Å². The summed E-state index contributed by atoms with van der Waals surface area (Å²) in [5.41, 5.74) is 5.87. The first-order valence-electron chi connectivity index (χ1n) is 6.14. The lowest BCUT2D eigenvalue weighted by atomic mass is 9.83. The molecule has 17 heavy (non-hydrogen) atoms. The van der Waals surface area contributed by atoms with E-state index in [9.17, 15) is 4.79 Å². The Morgan fingerprint density at radius 1 is 1.53 bits per heavy atom. The van der Waals surface area contributed by atoms with E-state index in [-0.39, 0.29) is 28.8 Å². The van der Waals surface area contributed by atoms with Gasteiger partial charge in [-0.3, -0.25) is 4.79 Å². The van der Waals surface area contributed by atoms with E-state index in [1.165, 1.54) is 0 Å². The van der Waals surface area contributed by atoms with Gasteiger partial charge in [0, 0.05) is 17.4 Å². The molecule has 4 nitrogen and oxygen atoms in total. The van der Waals surface area contributed by atoms with Crippen LogP contribution in [0.4, 0.5) is 0 Å². The summed E-state index contributed by atoms with van der Waals surface area (Å²) in [6.45, 7) is 8.92. The zero-order chi connectivity index (χ0) is 13.1. The molecule has 0 spiro atoms. The van der Waals surface area contributed by atoms with Crippen LogP contribution in [0.1, 0.15) is 34.1 Å². The average molecular weight is 260 g/mol. The number of nitrogens with one attached hydrogen (secondary N) is 1. The molecule has 3 N–H and O–H groups in total. The largest absolute Gasteiger partial charge is 0.376 e. The van der Waals surface area contributed by atoms with Crippen molar-refractivity contribution in [1.29, 1.82) is 0 Å². The summed E-state index contributed by atoms with van der Waals surface area (Å²) >= 11 is 1.64. The fourth-order valence-electron chi connectivity index (χ4n) is 1.74. The van der Waals surface area contributed by atoms with E-state index in [1.807, 2.05) is 6.92 Å². The molecular formula is C12H24N2O2S. The Morgan fingerprint density at radius 2 is 2.18 bits per heavy atom. The van der Waals surface area contributed by atoms with Gasteiger partial charge in [-0.25, -0.2) is 0 Å². The van der Waals surface area contributed by atoms with Crippen LogP contribution in [0, 0.1) is 0 Å². The fraction of sp³-hybridized carbons (Fsp3) is 0.917. The van der Waals surface area contributed by atoms with Crippen molar-refractivity contribution < 1.29 is 9.53 Å². The second-order valence-electron chi connectivity index (χ2n) is 5.39. The van der Waals surface area contributed by atoms with Gasteiger partial charge in [0.1, 0.15) is 0 Å². The Hall–Kier alpha value is -0.260. The lowest BCUT2D eigenvalue weighted by molar-refractivity contribution is -0.123. The normalized spacial score (nSPS) is 28.6. The Bertz CT molecular complexity index is 264. The lowest BCUT2D eigenvalue weighted by Gasteiger charge is -2.42. The van der Waals surface area contributed by atoms with Crippen LogP contribution in [0.15, 0.2) is 0 Å². The molecule has 0 heterocycles. The number of carbonyl (C=O) groups is 1. The van der Waals surface area contributed by atoms with Gasteiger partial charge >= 0.3 is 0 Å². The van der Waals surface area contributed by atoms with Gasteiger partial charge in [-0.2, -0.15) is 0 Å². The van der Waals surface area contributed by atoms with Gasteiger partial charge in [0.25, 0.3) is 0 Å². The standard InChI is InChI=1S/C12H24N2O2S/c1-5-16-9-6-8(13)11(9)14-10(15)7-17-12(2,3)4/h8-9,11H,5-7,13H2,1-4H3,(H,14,15). The number of hydrogen-bond donors (Lipinski definition) is 2. The Labute approximate surface area is 108 Å². The van der Waals surface area contributed by atoms with Crippen LogP contribution in [0.5, 0.6) is 0 Å². The number of amides is 1. The fourth-order valence-corrected chi connectivity index (χ4v) is 2.38. The monoisotopic (exact) mass is 260 g/mol. The first-order valence-corrected chi connectivity index (χ1v) is 7.12. The third kappa shape index (κ3) is 4.85. The van der Waals surface area contributed by atoms with Crippen LogP contribution in [0.2, 0.25) is 0 Å². The van der Waals surface area contributed by atoms with Crippen LogP contribution in [0.3, 0.4) is 0 Å².